The Hall–Kier alpha value is -1.80. The van der Waals surface area contributed by atoms with E-state index in [0.717, 1.165) is 39.0 Å². The van der Waals surface area contributed by atoms with Gasteiger partial charge in [0.05, 0.1) is 0 Å². The Morgan fingerprint density at radius 2 is 1.60 bits per heavy atom. The fraction of sp³-hybridized carbons (Fsp3) is 0.682. The molecule has 2 aliphatic rings. The Kier molecular flexibility index (Phi) is 6.67. The topological polar surface area (TPSA) is 36.0 Å². The van der Waals surface area contributed by atoms with E-state index in [-0.39, 0.29) is 17.2 Å². The molecule has 1 aromatic rings. The third kappa shape index (κ3) is 5.66. The van der Waals surface area contributed by atoms with Crippen molar-refractivity contribution in [3.05, 3.63) is 29.3 Å². The first-order valence-corrected chi connectivity index (χ1v) is 10.6. The van der Waals surface area contributed by atoms with E-state index in [9.17, 15) is 18.0 Å². The second kappa shape index (κ2) is 8.75. The van der Waals surface area contributed by atoms with Gasteiger partial charge >= 0.3 is 6.36 Å². The monoisotopic (exact) mass is 427 g/mol. The van der Waals surface area contributed by atoms with Crippen LogP contribution in [0.1, 0.15) is 49.5 Å². The minimum absolute atomic E-state index is 0.236. The first-order valence-electron chi connectivity index (χ1n) is 10.6. The summed E-state index contributed by atoms with van der Waals surface area (Å²) in [6.07, 6.45) is -3.02. The Balaban J connectivity index is 1.69. The van der Waals surface area contributed by atoms with Gasteiger partial charge in [0.2, 0.25) is 0 Å². The number of rotatable bonds is 3. The van der Waals surface area contributed by atoms with Gasteiger partial charge < -0.3 is 14.5 Å². The van der Waals surface area contributed by atoms with Gasteiger partial charge in [0.15, 0.2) is 0 Å². The minimum Gasteiger partial charge on any atom is -0.405 e. The summed E-state index contributed by atoms with van der Waals surface area (Å²) in [5, 5.41) is 0. The van der Waals surface area contributed by atoms with Gasteiger partial charge in [0.25, 0.3) is 5.91 Å². The Morgan fingerprint density at radius 3 is 2.13 bits per heavy atom. The molecule has 30 heavy (non-hydrogen) atoms. The molecular weight excluding hydrogens is 395 g/mol. The second-order valence-electron chi connectivity index (χ2n) is 9.37. The van der Waals surface area contributed by atoms with Crippen molar-refractivity contribution in [3.8, 4) is 5.75 Å². The van der Waals surface area contributed by atoms with Crippen LogP contribution in [0.2, 0.25) is 0 Å². The average molecular weight is 428 g/mol. The number of halogens is 3. The van der Waals surface area contributed by atoms with Crippen molar-refractivity contribution < 1.29 is 22.7 Å². The molecule has 5 nitrogen and oxygen atoms in total. The van der Waals surface area contributed by atoms with Crippen LogP contribution in [0.3, 0.4) is 0 Å². The van der Waals surface area contributed by atoms with Crippen LogP contribution in [0.5, 0.6) is 5.75 Å². The number of hydrogen-bond acceptors (Lipinski definition) is 4. The number of benzene rings is 1. The lowest BCUT2D eigenvalue weighted by Gasteiger charge is -2.42. The standard InChI is InChI=1S/C22H32F3N3O2/c1-21(2,3)18-6-5-16(15-19(18)30-22(23,24)25)20(29)28-9-7-17(8-10-28)27-13-11-26(4)12-14-27/h5-6,15,17H,7-14H2,1-4H3. The maximum absolute atomic E-state index is 13.0. The molecule has 2 fully saturated rings. The van der Waals surface area contributed by atoms with E-state index < -0.39 is 11.8 Å². The van der Waals surface area contributed by atoms with Gasteiger partial charge in [0, 0.05) is 50.9 Å². The normalized spacial score (nSPS) is 20.4. The van der Waals surface area contributed by atoms with Crippen molar-refractivity contribution in [2.45, 2.75) is 51.4 Å². The van der Waals surface area contributed by atoms with Crippen LogP contribution >= 0.6 is 0 Å². The third-order valence-corrected chi connectivity index (χ3v) is 6.07. The average Bonchev–Trinajstić information content (AvgIpc) is 2.66. The van der Waals surface area contributed by atoms with E-state index >= 15 is 0 Å². The third-order valence-electron chi connectivity index (χ3n) is 6.07. The van der Waals surface area contributed by atoms with Crippen molar-refractivity contribution in [3.63, 3.8) is 0 Å². The Bertz CT molecular complexity index is 745. The molecule has 3 rings (SSSR count). The molecule has 0 spiro atoms. The molecule has 2 aliphatic heterocycles. The molecule has 0 aliphatic carbocycles. The molecule has 8 heteroatoms. The van der Waals surface area contributed by atoms with Crippen molar-refractivity contribution in [1.29, 1.82) is 0 Å². The maximum atomic E-state index is 13.0. The molecule has 1 aromatic carbocycles. The lowest BCUT2D eigenvalue weighted by atomic mass is 9.85. The highest BCUT2D eigenvalue weighted by molar-refractivity contribution is 5.94. The van der Waals surface area contributed by atoms with Gasteiger partial charge in [-0.3, -0.25) is 9.69 Å². The van der Waals surface area contributed by atoms with Gasteiger partial charge in [0.1, 0.15) is 5.75 Å². The number of nitrogens with zero attached hydrogens (tertiary/aromatic N) is 3. The van der Waals surface area contributed by atoms with E-state index in [0.29, 0.717) is 24.7 Å². The van der Waals surface area contributed by atoms with Crippen LogP contribution < -0.4 is 4.74 Å². The van der Waals surface area contributed by atoms with E-state index in [2.05, 4.69) is 21.6 Å². The maximum Gasteiger partial charge on any atom is 0.573 e. The summed E-state index contributed by atoms with van der Waals surface area (Å²) in [4.78, 5) is 19.5. The highest BCUT2D eigenvalue weighted by atomic mass is 19.4. The summed E-state index contributed by atoms with van der Waals surface area (Å²) in [7, 11) is 2.13. The number of piperidine rings is 1. The zero-order valence-electron chi connectivity index (χ0n) is 18.3. The van der Waals surface area contributed by atoms with Crippen LogP contribution in [0, 0.1) is 0 Å². The molecule has 0 unspecified atom stereocenters. The molecule has 168 valence electrons. The number of amides is 1. The van der Waals surface area contributed by atoms with Gasteiger partial charge in [-0.05, 0) is 43.0 Å². The lowest BCUT2D eigenvalue weighted by molar-refractivity contribution is -0.275. The summed E-state index contributed by atoms with van der Waals surface area (Å²) in [5.74, 6) is -0.535. The lowest BCUT2D eigenvalue weighted by Crippen LogP contribution is -2.52. The van der Waals surface area contributed by atoms with Crippen molar-refractivity contribution in [2.75, 3.05) is 46.3 Å². The van der Waals surface area contributed by atoms with Gasteiger partial charge in [-0.2, -0.15) is 0 Å². The number of carbonyl (C=O) groups is 1. The predicted octanol–water partition coefficient (Wildman–Crippen LogP) is 3.73. The molecule has 0 saturated carbocycles. The molecule has 0 N–H and O–H groups in total. The number of carbonyl (C=O) groups excluding carboxylic acids is 1. The molecule has 1 amide bonds. The van der Waals surface area contributed by atoms with E-state index in [1.54, 1.807) is 17.0 Å². The van der Waals surface area contributed by atoms with Crippen LogP contribution in [-0.2, 0) is 5.41 Å². The SMILES string of the molecule is CN1CCN(C2CCN(C(=O)c3ccc(C(C)(C)C)c(OC(F)(F)F)c3)CC2)CC1. The Labute approximate surface area is 176 Å². The van der Waals surface area contributed by atoms with Crippen LogP contribution in [-0.4, -0.2) is 79.3 Å². The van der Waals surface area contributed by atoms with E-state index in [1.807, 2.05) is 20.8 Å². The number of piperazine rings is 1. The smallest absolute Gasteiger partial charge is 0.405 e. The number of ether oxygens (including phenoxy) is 1. The zero-order valence-corrected chi connectivity index (χ0v) is 18.3. The molecular formula is C22H32F3N3O2. The van der Waals surface area contributed by atoms with Crippen molar-refractivity contribution in [1.82, 2.24) is 14.7 Å². The summed E-state index contributed by atoms with van der Waals surface area (Å²) in [6, 6.07) is 4.89. The van der Waals surface area contributed by atoms with Crippen LogP contribution in [0.25, 0.3) is 0 Å². The molecule has 0 aromatic heterocycles. The van der Waals surface area contributed by atoms with Crippen molar-refractivity contribution >= 4 is 5.91 Å². The van der Waals surface area contributed by atoms with Gasteiger partial charge in [-0.15, -0.1) is 13.2 Å². The molecule has 2 heterocycles. The van der Waals surface area contributed by atoms with Gasteiger partial charge in [-0.25, -0.2) is 0 Å². The predicted molar refractivity (Wildman–Crippen MR) is 110 cm³/mol. The molecule has 0 radical (unpaired) electrons. The highest BCUT2D eigenvalue weighted by Gasteiger charge is 2.35. The number of alkyl halides is 3. The minimum atomic E-state index is -4.80. The van der Waals surface area contributed by atoms with Crippen LogP contribution in [0.4, 0.5) is 13.2 Å². The second-order valence-corrected chi connectivity index (χ2v) is 9.37. The Morgan fingerprint density at radius 1 is 1.00 bits per heavy atom. The summed E-state index contributed by atoms with van der Waals surface area (Å²) in [5.41, 5.74) is 0.119. The summed E-state index contributed by atoms with van der Waals surface area (Å²) in [6.45, 7) is 10.9. The quantitative estimate of drug-likeness (QED) is 0.737. The number of hydrogen-bond donors (Lipinski definition) is 0. The molecule has 2 saturated heterocycles. The van der Waals surface area contributed by atoms with E-state index in [4.69, 9.17) is 0 Å². The largest absolute Gasteiger partial charge is 0.573 e. The van der Waals surface area contributed by atoms with Gasteiger partial charge in [-0.1, -0.05) is 26.8 Å². The number of likely N-dealkylation sites (tertiary alicyclic amines) is 1. The summed E-state index contributed by atoms with van der Waals surface area (Å²) < 4.78 is 43.0. The zero-order chi connectivity index (χ0) is 22.1. The number of likely N-dealkylation sites (N-methyl/N-ethyl adjacent to an activating group) is 1. The van der Waals surface area contributed by atoms with E-state index in [1.165, 1.54) is 6.07 Å². The first kappa shape index (κ1) is 22.9. The molecule has 0 atom stereocenters. The first-order chi connectivity index (χ1) is 13.9. The highest BCUT2D eigenvalue weighted by Crippen LogP contribution is 2.35. The fourth-order valence-electron chi connectivity index (χ4n) is 4.29. The van der Waals surface area contributed by atoms with Crippen molar-refractivity contribution in [2.24, 2.45) is 0 Å². The van der Waals surface area contributed by atoms with Crippen LogP contribution in [0.15, 0.2) is 18.2 Å². The molecule has 0 bridgehead atoms. The summed E-state index contributed by atoms with van der Waals surface area (Å²) >= 11 is 0. The fourth-order valence-corrected chi connectivity index (χ4v) is 4.29.